The van der Waals surface area contributed by atoms with E-state index < -0.39 is 6.10 Å². The molecule has 6 atom stereocenters. The van der Waals surface area contributed by atoms with Crippen molar-refractivity contribution in [3.63, 3.8) is 0 Å². The number of fused-ring (bicyclic) bond motifs is 5. The number of Topliss-reactive ketones (excluding diaryl/α,β-unsaturated/α-hetero) is 1. The van der Waals surface area contributed by atoms with Crippen LogP contribution in [0.3, 0.4) is 0 Å². The molecule has 4 rings (SSSR count). The number of hydrogen-bond donors (Lipinski definition) is 1. The first-order valence-electron chi connectivity index (χ1n) is 8.81. The molecule has 4 aliphatic carbocycles. The van der Waals surface area contributed by atoms with Crippen molar-refractivity contribution in [3.8, 4) is 0 Å². The summed E-state index contributed by atoms with van der Waals surface area (Å²) in [5.74, 6) is 1.71. The van der Waals surface area contributed by atoms with Crippen molar-refractivity contribution in [1.29, 1.82) is 0 Å². The quantitative estimate of drug-likeness (QED) is 0.748. The second-order valence-corrected chi connectivity index (χ2v) is 8.54. The van der Waals surface area contributed by atoms with E-state index in [1.54, 1.807) is 0 Å². The fraction of sp³-hybridized carbons (Fsp3) is 0.789. The second-order valence-electron chi connectivity index (χ2n) is 8.54. The summed E-state index contributed by atoms with van der Waals surface area (Å²) in [4.78, 5) is 24.2. The van der Waals surface area contributed by atoms with Gasteiger partial charge in [-0.15, -0.1) is 0 Å². The van der Waals surface area contributed by atoms with Crippen LogP contribution in [-0.2, 0) is 9.59 Å². The van der Waals surface area contributed by atoms with Crippen LogP contribution in [0.15, 0.2) is 11.6 Å². The lowest BCUT2D eigenvalue weighted by molar-refractivity contribution is -0.147. The lowest BCUT2D eigenvalue weighted by atomic mass is 9.46. The van der Waals surface area contributed by atoms with Crippen LogP contribution >= 0.6 is 0 Å². The molecule has 0 heterocycles. The van der Waals surface area contributed by atoms with Crippen molar-refractivity contribution < 1.29 is 14.7 Å². The van der Waals surface area contributed by atoms with Crippen LogP contribution in [-0.4, -0.2) is 22.8 Å². The summed E-state index contributed by atoms with van der Waals surface area (Å²) in [6.45, 7) is 4.34. The molecule has 0 aromatic rings. The zero-order chi connectivity index (χ0) is 15.7. The second kappa shape index (κ2) is 4.53. The Bertz CT molecular complexity index is 577. The zero-order valence-corrected chi connectivity index (χ0v) is 13.6. The average molecular weight is 302 g/mol. The van der Waals surface area contributed by atoms with E-state index in [-0.39, 0.29) is 22.5 Å². The van der Waals surface area contributed by atoms with Crippen LogP contribution in [0.4, 0.5) is 0 Å². The van der Waals surface area contributed by atoms with Gasteiger partial charge in [0.15, 0.2) is 5.78 Å². The highest BCUT2D eigenvalue weighted by molar-refractivity contribution is 5.91. The van der Waals surface area contributed by atoms with Crippen molar-refractivity contribution >= 4 is 11.6 Å². The minimum absolute atomic E-state index is 0.0385. The Kier molecular flexibility index (Phi) is 3.01. The molecule has 0 radical (unpaired) electrons. The van der Waals surface area contributed by atoms with E-state index in [2.05, 4.69) is 13.8 Å². The van der Waals surface area contributed by atoms with Crippen LogP contribution in [0.5, 0.6) is 0 Å². The van der Waals surface area contributed by atoms with Gasteiger partial charge in [-0.3, -0.25) is 9.59 Å². The lowest BCUT2D eigenvalue weighted by Gasteiger charge is -2.58. The third-order valence-electron chi connectivity index (χ3n) is 7.61. The maximum atomic E-state index is 12.4. The Balaban J connectivity index is 1.75. The average Bonchev–Trinajstić information content (AvgIpc) is 2.75. The smallest absolute Gasteiger partial charge is 0.155 e. The predicted octanol–water partition coefficient (Wildman–Crippen LogP) is 3.06. The minimum atomic E-state index is -0.407. The Morgan fingerprint density at radius 2 is 1.86 bits per heavy atom. The molecular weight excluding hydrogens is 276 g/mol. The molecule has 120 valence electrons. The highest BCUT2D eigenvalue weighted by Gasteiger charge is 2.61. The fourth-order valence-electron chi connectivity index (χ4n) is 6.46. The van der Waals surface area contributed by atoms with E-state index in [1.165, 1.54) is 5.57 Å². The van der Waals surface area contributed by atoms with Crippen molar-refractivity contribution in [3.05, 3.63) is 11.6 Å². The van der Waals surface area contributed by atoms with Crippen LogP contribution in [0.25, 0.3) is 0 Å². The number of allylic oxidation sites excluding steroid dienone is 1. The number of rotatable bonds is 0. The molecule has 3 fully saturated rings. The van der Waals surface area contributed by atoms with Crippen LogP contribution in [0.2, 0.25) is 0 Å². The summed E-state index contributed by atoms with van der Waals surface area (Å²) in [6, 6.07) is 0. The molecule has 22 heavy (non-hydrogen) atoms. The maximum Gasteiger partial charge on any atom is 0.155 e. The Morgan fingerprint density at radius 1 is 1.09 bits per heavy atom. The third kappa shape index (κ3) is 1.72. The standard InChI is InChI=1S/C19H26O3/c1-18-8-7-12(20)9-11(18)3-4-13-14-5-6-16(22)19(14,2)10-15(21)17(13)18/h9,13-15,17,21H,3-8,10H2,1-2H3/t13-,14+,15-,17+,18+,19+/m1/s1. The number of hydrogen-bond acceptors (Lipinski definition) is 3. The van der Waals surface area contributed by atoms with E-state index in [9.17, 15) is 14.7 Å². The molecule has 0 aromatic heterocycles. The molecule has 3 nitrogen and oxygen atoms in total. The van der Waals surface area contributed by atoms with Crippen LogP contribution in [0, 0.1) is 28.6 Å². The van der Waals surface area contributed by atoms with Crippen molar-refractivity contribution in [1.82, 2.24) is 0 Å². The topological polar surface area (TPSA) is 54.4 Å². The molecule has 0 bridgehead atoms. The van der Waals surface area contributed by atoms with Crippen molar-refractivity contribution in [2.75, 3.05) is 0 Å². The Morgan fingerprint density at radius 3 is 2.64 bits per heavy atom. The molecule has 0 aliphatic heterocycles. The number of aliphatic hydroxyl groups excluding tert-OH is 1. The van der Waals surface area contributed by atoms with Gasteiger partial charge in [0.25, 0.3) is 0 Å². The number of carbonyl (C=O) groups is 2. The molecule has 3 heteroatoms. The van der Waals surface area contributed by atoms with Gasteiger partial charge in [0, 0.05) is 18.3 Å². The first kappa shape index (κ1) is 14.6. The van der Waals surface area contributed by atoms with Gasteiger partial charge in [0.2, 0.25) is 0 Å². The van der Waals surface area contributed by atoms with Gasteiger partial charge in [-0.1, -0.05) is 19.4 Å². The lowest BCUT2D eigenvalue weighted by Crippen LogP contribution is -2.56. The minimum Gasteiger partial charge on any atom is -0.393 e. The van der Waals surface area contributed by atoms with E-state index in [4.69, 9.17) is 0 Å². The summed E-state index contributed by atoms with van der Waals surface area (Å²) < 4.78 is 0. The highest BCUT2D eigenvalue weighted by atomic mass is 16.3. The first-order chi connectivity index (χ1) is 10.4. The molecule has 0 aromatic carbocycles. The molecule has 4 aliphatic rings. The number of aliphatic hydroxyl groups is 1. The zero-order valence-electron chi connectivity index (χ0n) is 13.6. The summed E-state index contributed by atoms with van der Waals surface area (Å²) in [6.07, 6.45) is 7.24. The normalized spacial score (nSPS) is 51.0. The summed E-state index contributed by atoms with van der Waals surface area (Å²) in [5, 5.41) is 10.9. The monoisotopic (exact) mass is 302 g/mol. The highest BCUT2D eigenvalue weighted by Crippen LogP contribution is 2.64. The molecule has 0 spiro atoms. The van der Waals surface area contributed by atoms with Gasteiger partial charge in [-0.05, 0) is 61.3 Å². The maximum absolute atomic E-state index is 12.4. The molecular formula is C19H26O3. The Labute approximate surface area is 132 Å². The largest absolute Gasteiger partial charge is 0.393 e. The summed E-state index contributed by atoms with van der Waals surface area (Å²) in [5.41, 5.74) is 0.920. The molecule has 0 unspecified atom stereocenters. The predicted molar refractivity (Wildman–Crippen MR) is 83.1 cm³/mol. The molecule has 0 amide bonds. The van der Waals surface area contributed by atoms with Gasteiger partial charge in [0.05, 0.1) is 6.10 Å². The van der Waals surface area contributed by atoms with E-state index in [1.807, 2.05) is 6.08 Å². The Hall–Kier alpha value is -0.960. The number of ketones is 2. The summed E-state index contributed by atoms with van der Waals surface area (Å²) >= 11 is 0. The SMILES string of the molecule is C[C@]12CCC(=O)C=C1CC[C@H]1[C@H]2[C@H](O)C[C@]2(C)C(=O)CC[C@@H]12. The summed E-state index contributed by atoms with van der Waals surface area (Å²) in [7, 11) is 0. The van der Waals surface area contributed by atoms with Gasteiger partial charge < -0.3 is 5.11 Å². The molecule has 1 N–H and O–H groups in total. The van der Waals surface area contributed by atoms with Crippen LogP contribution < -0.4 is 0 Å². The molecule has 0 saturated heterocycles. The van der Waals surface area contributed by atoms with Gasteiger partial charge in [0.1, 0.15) is 5.78 Å². The third-order valence-corrected chi connectivity index (χ3v) is 7.61. The first-order valence-corrected chi connectivity index (χ1v) is 8.81. The van der Waals surface area contributed by atoms with Crippen LogP contribution in [0.1, 0.15) is 58.8 Å². The van der Waals surface area contributed by atoms with Gasteiger partial charge >= 0.3 is 0 Å². The van der Waals surface area contributed by atoms with Crippen molar-refractivity contribution in [2.24, 2.45) is 28.6 Å². The fourth-order valence-corrected chi connectivity index (χ4v) is 6.46. The van der Waals surface area contributed by atoms with E-state index in [0.717, 1.165) is 25.7 Å². The van der Waals surface area contributed by atoms with Gasteiger partial charge in [-0.25, -0.2) is 0 Å². The molecule has 3 saturated carbocycles. The van der Waals surface area contributed by atoms with E-state index >= 15 is 0 Å². The number of carbonyl (C=O) groups excluding carboxylic acids is 2. The van der Waals surface area contributed by atoms with Crippen molar-refractivity contribution in [2.45, 2.75) is 64.9 Å². The van der Waals surface area contributed by atoms with E-state index in [0.29, 0.717) is 36.9 Å². The van der Waals surface area contributed by atoms with Gasteiger partial charge in [-0.2, -0.15) is 0 Å².